The lowest BCUT2D eigenvalue weighted by Crippen LogP contribution is -2.36. The Morgan fingerprint density at radius 2 is 1.86 bits per heavy atom. The highest BCUT2D eigenvalue weighted by Crippen LogP contribution is 2.41. The van der Waals surface area contributed by atoms with Crippen LogP contribution in [0.15, 0.2) is 36.4 Å². The zero-order valence-corrected chi connectivity index (χ0v) is 21.2. The number of benzene rings is 2. The molecule has 2 aromatic carbocycles. The van der Waals surface area contributed by atoms with Crippen molar-refractivity contribution in [2.75, 3.05) is 24.4 Å². The van der Waals surface area contributed by atoms with Gasteiger partial charge in [0, 0.05) is 11.8 Å². The lowest BCUT2D eigenvalue weighted by Gasteiger charge is -2.28. The molecule has 1 fully saturated rings. The number of nitrogens with zero attached hydrogens (tertiary/aromatic N) is 2. The van der Waals surface area contributed by atoms with Crippen molar-refractivity contribution < 1.29 is 32.3 Å². The second-order valence-electron chi connectivity index (χ2n) is 8.84. The molecule has 0 bridgehead atoms. The summed E-state index contributed by atoms with van der Waals surface area (Å²) in [7, 11) is -1.23. The molecule has 2 aliphatic rings. The lowest BCUT2D eigenvalue weighted by molar-refractivity contribution is -0.107. The molecule has 4 rings (SSSR count). The second-order valence-corrected chi connectivity index (χ2v) is 9.95. The zero-order chi connectivity index (χ0) is 25.8. The molecule has 0 saturated heterocycles. The maximum atomic E-state index is 13.8. The minimum absolute atomic E-state index is 0.0252. The van der Waals surface area contributed by atoms with Gasteiger partial charge in [0.15, 0.2) is 11.5 Å². The quantitative estimate of drug-likeness (QED) is 0.278. The van der Waals surface area contributed by atoms with Crippen LogP contribution in [0.25, 0.3) is 0 Å². The number of methoxy groups -OCH3 is 1. The van der Waals surface area contributed by atoms with E-state index in [0.717, 1.165) is 37.0 Å². The van der Waals surface area contributed by atoms with Crippen LogP contribution in [-0.2, 0) is 15.5 Å². The van der Waals surface area contributed by atoms with Gasteiger partial charge in [-0.25, -0.2) is 8.42 Å². The molecule has 1 unspecified atom stereocenters. The van der Waals surface area contributed by atoms with Crippen LogP contribution in [0.2, 0.25) is 0 Å². The van der Waals surface area contributed by atoms with Gasteiger partial charge < -0.3 is 14.4 Å². The van der Waals surface area contributed by atoms with Crippen molar-refractivity contribution in [2.24, 2.45) is 0 Å². The summed E-state index contributed by atoms with van der Waals surface area (Å²) in [5.41, 5.74) is 1.35. The Labute approximate surface area is 211 Å². The first-order chi connectivity index (χ1) is 17.4. The molecule has 1 aliphatic heterocycles. The summed E-state index contributed by atoms with van der Waals surface area (Å²) in [6, 6.07) is 9.09. The first-order valence-electron chi connectivity index (χ1n) is 12.1. The fourth-order valence-corrected chi connectivity index (χ4v) is 5.60. The third-order valence-corrected chi connectivity index (χ3v) is 7.43. The van der Waals surface area contributed by atoms with Gasteiger partial charge in [0.25, 0.3) is 11.8 Å². The zero-order valence-electron chi connectivity index (χ0n) is 20.3. The van der Waals surface area contributed by atoms with E-state index in [1.165, 1.54) is 7.11 Å². The predicted molar refractivity (Wildman–Crippen MR) is 134 cm³/mol. The monoisotopic (exact) mass is 514 g/mol. The van der Waals surface area contributed by atoms with Crippen molar-refractivity contribution in [1.82, 2.24) is 4.90 Å². The molecule has 36 heavy (non-hydrogen) atoms. The summed E-state index contributed by atoms with van der Waals surface area (Å²) < 4.78 is 34.0. The Kier molecular flexibility index (Phi) is 7.93. The second kappa shape index (κ2) is 11.1. The normalized spacial score (nSPS) is 16.4. The van der Waals surface area contributed by atoms with E-state index in [0.29, 0.717) is 29.4 Å². The first-order valence-corrected chi connectivity index (χ1v) is 13.4. The van der Waals surface area contributed by atoms with E-state index in [-0.39, 0.29) is 29.3 Å². The average Bonchev–Trinajstić information content (AvgIpc) is 3.48. The maximum absolute atomic E-state index is 13.8. The molecule has 2 aromatic rings. The predicted octanol–water partition coefficient (Wildman–Crippen LogP) is 3.34. The molecule has 1 atom stereocenters. The molecule has 192 valence electrons. The van der Waals surface area contributed by atoms with Gasteiger partial charge in [-0.15, -0.1) is 0 Å². The van der Waals surface area contributed by atoms with E-state index in [1.54, 1.807) is 41.3 Å². The fourth-order valence-electron chi connectivity index (χ4n) is 5.15. The van der Waals surface area contributed by atoms with Crippen LogP contribution in [0.5, 0.6) is 11.5 Å². The van der Waals surface area contributed by atoms with Crippen molar-refractivity contribution in [3.05, 3.63) is 53.1 Å². The van der Waals surface area contributed by atoms with Crippen LogP contribution in [0.1, 0.15) is 71.3 Å². The third kappa shape index (κ3) is 4.82. The molecule has 1 saturated carbocycles. The Morgan fingerprint density at radius 1 is 1.11 bits per heavy atom. The number of rotatable bonds is 11. The lowest BCUT2D eigenvalue weighted by atomic mass is 10.0. The van der Waals surface area contributed by atoms with Crippen LogP contribution in [-0.4, -0.2) is 57.1 Å². The number of fused-ring (bicyclic) bond motifs is 1. The van der Waals surface area contributed by atoms with E-state index < -0.39 is 28.6 Å². The van der Waals surface area contributed by atoms with Gasteiger partial charge in [-0.3, -0.25) is 19.3 Å². The number of imide groups is 1. The van der Waals surface area contributed by atoms with Gasteiger partial charge in [-0.1, -0.05) is 25.0 Å². The van der Waals surface area contributed by atoms with Crippen molar-refractivity contribution in [2.45, 2.75) is 51.1 Å². The van der Waals surface area contributed by atoms with E-state index in [9.17, 15) is 22.8 Å². The SMILES string of the molecule is CCOc1cc(C(CC[SH](=O)=O)N2C(=O)c3cccc(N(C=O)C4CCCC4)c3C2=O)ccc1OC. The van der Waals surface area contributed by atoms with Crippen molar-refractivity contribution in [1.29, 1.82) is 0 Å². The summed E-state index contributed by atoms with van der Waals surface area (Å²) in [5, 5.41) is 0. The Morgan fingerprint density at radius 3 is 2.50 bits per heavy atom. The van der Waals surface area contributed by atoms with Gasteiger partial charge in [-0.2, -0.15) is 0 Å². The van der Waals surface area contributed by atoms with Crippen molar-refractivity contribution >= 4 is 34.6 Å². The maximum Gasteiger partial charge on any atom is 0.264 e. The molecule has 0 aromatic heterocycles. The summed E-state index contributed by atoms with van der Waals surface area (Å²) in [5.74, 6) is -0.361. The summed E-state index contributed by atoms with van der Waals surface area (Å²) >= 11 is 0. The number of ether oxygens (including phenoxy) is 2. The van der Waals surface area contributed by atoms with Crippen molar-refractivity contribution in [3.63, 3.8) is 0 Å². The van der Waals surface area contributed by atoms with E-state index >= 15 is 0 Å². The largest absolute Gasteiger partial charge is 0.493 e. The number of carbonyl (C=O) groups is 3. The number of carbonyl (C=O) groups excluding carboxylic acids is 3. The van der Waals surface area contributed by atoms with Crippen LogP contribution in [0.4, 0.5) is 5.69 Å². The summed E-state index contributed by atoms with van der Waals surface area (Å²) in [6.07, 6.45) is 4.41. The van der Waals surface area contributed by atoms with Gasteiger partial charge in [0.05, 0.1) is 36.6 Å². The van der Waals surface area contributed by atoms with Gasteiger partial charge in [-0.05, 0) is 56.0 Å². The van der Waals surface area contributed by atoms with Gasteiger partial charge >= 0.3 is 0 Å². The molecule has 0 spiro atoms. The highest BCUT2D eigenvalue weighted by atomic mass is 32.2. The molecule has 10 heteroatoms. The Hall–Kier alpha value is -3.40. The highest BCUT2D eigenvalue weighted by molar-refractivity contribution is 7.72. The summed E-state index contributed by atoms with van der Waals surface area (Å²) in [6.45, 7) is 2.19. The topological polar surface area (TPSA) is 110 Å². The van der Waals surface area contributed by atoms with Crippen LogP contribution in [0.3, 0.4) is 0 Å². The van der Waals surface area contributed by atoms with E-state index in [4.69, 9.17) is 9.47 Å². The fraction of sp³-hybridized carbons (Fsp3) is 0.423. The molecule has 1 aliphatic carbocycles. The molecule has 9 nitrogen and oxygen atoms in total. The number of amides is 3. The van der Waals surface area contributed by atoms with Crippen molar-refractivity contribution in [3.8, 4) is 11.5 Å². The van der Waals surface area contributed by atoms with Crippen LogP contribution < -0.4 is 14.4 Å². The smallest absolute Gasteiger partial charge is 0.264 e. The molecular weight excluding hydrogens is 484 g/mol. The van der Waals surface area contributed by atoms with E-state index in [2.05, 4.69) is 0 Å². The first kappa shape index (κ1) is 25.7. The summed E-state index contributed by atoms with van der Waals surface area (Å²) in [4.78, 5) is 42.1. The minimum Gasteiger partial charge on any atom is -0.493 e. The molecule has 3 amide bonds. The number of hydrogen-bond acceptors (Lipinski definition) is 7. The highest BCUT2D eigenvalue weighted by Gasteiger charge is 2.43. The average molecular weight is 515 g/mol. The Bertz CT molecular complexity index is 1230. The van der Waals surface area contributed by atoms with Gasteiger partial charge in [0.2, 0.25) is 6.41 Å². The Balaban J connectivity index is 1.77. The molecule has 0 N–H and O–H groups in total. The minimum atomic E-state index is -2.73. The molecule has 0 radical (unpaired) electrons. The van der Waals surface area contributed by atoms with Crippen LogP contribution in [0, 0.1) is 0 Å². The molecular formula is C26H30N2O7S. The van der Waals surface area contributed by atoms with Gasteiger partial charge in [0.1, 0.15) is 10.7 Å². The molecule has 1 heterocycles. The number of hydrogen-bond donors (Lipinski definition) is 1. The third-order valence-electron chi connectivity index (χ3n) is 6.80. The number of thiol groups is 1. The number of anilines is 1. The van der Waals surface area contributed by atoms with E-state index in [1.807, 2.05) is 6.92 Å². The standard InChI is InChI=1S/C26H30N2O7S/c1-3-35-23-15-17(11-12-22(23)34-2)20(13-14-36(32)33)28-25(30)19-9-6-10-21(24(19)26(28)31)27(16-29)18-7-4-5-8-18/h6,9-12,15-16,18,20,36H,3-5,7-8,13-14H2,1-2H3. The van der Waals surface area contributed by atoms with Crippen LogP contribution >= 0.6 is 0 Å².